The standard InChI is InChI=1S/C21H30N6O2S/c1-7-26(8-2)19-13-20(27-21(24-19)18(14-22-27)15(3)4)23-16-9-11-17(12-10-16)30(28,29)25(5)6/h9-15,23H,7-8H2,1-6H3. The molecule has 0 radical (unpaired) electrons. The summed E-state index contributed by atoms with van der Waals surface area (Å²) < 4.78 is 27.6. The lowest BCUT2D eigenvalue weighted by molar-refractivity contribution is 0.521. The topological polar surface area (TPSA) is 82.8 Å². The lowest BCUT2D eigenvalue weighted by Gasteiger charge is -2.21. The molecular formula is C21H30N6O2S. The van der Waals surface area contributed by atoms with Crippen LogP contribution in [0, 0.1) is 0 Å². The summed E-state index contributed by atoms with van der Waals surface area (Å²) in [5.41, 5.74) is 2.68. The normalized spacial score (nSPS) is 12.1. The van der Waals surface area contributed by atoms with Gasteiger partial charge in [-0.15, -0.1) is 0 Å². The number of anilines is 3. The molecule has 9 heteroatoms. The third-order valence-electron chi connectivity index (χ3n) is 5.10. The molecule has 0 aliphatic carbocycles. The zero-order chi connectivity index (χ0) is 22.1. The van der Waals surface area contributed by atoms with Crippen molar-refractivity contribution in [2.45, 2.75) is 38.5 Å². The molecule has 0 unspecified atom stereocenters. The molecule has 2 aromatic heterocycles. The molecule has 162 valence electrons. The van der Waals surface area contributed by atoms with E-state index in [0.29, 0.717) is 5.92 Å². The quantitative estimate of drug-likeness (QED) is 0.587. The second kappa shape index (κ2) is 8.61. The predicted octanol–water partition coefficient (Wildman–Crippen LogP) is 3.69. The van der Waals surface area contributed by atoms with Gasteiger partial charge >= 0.3 is 0 Å². The molecule has 3 aromatic rings. The van der Waals surface area contributed by atoms with E-state index in [9.17, 15) is 8.42 Å². The van der Waals surface area contributed by atoms with Crippen LogP contribution < -0.4 is 10.2 Å². The molecule has 0 amide bonds. The molecular weight excluding hydrogens is 400 g/mol. The highest BCUT2D eigenvalue weighted by atomic mass is 32.2. The van der Waals surface area contributed by atoms with Crippen LogP contribution in [0.25, 0.3) is 5.65 Å². The third kappa shape index (κ3) is 4.13. The number of fused-ring (bicyclic) bond motifs is 1. The number of sulfonamides is 1. The SMILES string of the molecule is CCN(CC)c1cc(Nc2ccc(S(=O)(=O)N(C)C)cc2)n2ncc(C(C)C)c2n1. The second-order valence-corrected chi connectivity index (χ2v) is 9.75. The average Bonchev–Trinajstić information content (AvgIpc) is 3.14. The number of hydrogen-bond donors (Lipinski definition) is 1. The largest absolute Gasteiger partial charge is 0.357 e. The van der Waals surface area contributed by atoms with Gasteiger partial charge in [-0.1, -0.05) is 13.8 Å². The van der Waals surface area contributed by atoms with E-state index in [1.807, 2.05) is 12.3 Å². The van der Waals surface area contributed by atoms with Gasteiger partial charge in [-0.2, -0.15) is 9.61 Å². The fourth-order valence-corrected chi connectivity index (χ4v) is 4.14. The zero-order valence-corrected chi connectivity index (χ0v) is 19.2. The van der Waals surface area contributed by atoms with Crippen LogP contribution in [0.2, 0.25) is 0 Å². The van der Waals surface area contributed by atoms with Gasteiger partial charge in [0, 0.05) is 44.5 Å². The molecule has 8 nitrogen and oxygen atoms in total. The maximum Gasteiger partial charge on any atom is 0.242 e. The smallest absolute Gasteiger partial charge is 0.242 e. The molecule has 0 bridgehead atoms. The minimum Gasteiger partial charge on any atom is -0.357 e. The van der Waals surface area contributed by atoms with Crippen molar-refractivity contribution in [3.05, 3.63) is 42.1 Å². The summed E-state index contributed by atoms with van der Waals surface area (Å²) in [5, 5.41) is 7.91. The highest BCUT2D eigenvalue weighted by Crippen LogP contribution is 2.28. The lowest BCUT2D eigenvalue weighted by Crippen LogP contribution is -2.23. The first-order valence-corrected chi connectivity index (χ1v) is 11.6. The number of rotatable bonds is 8. The Morgan fingerprint density at radius 3 is 2.27 bits per heavy atom. The zero-order valence-electron chi connectivity index (χ0n) is 18.4. The van der Waals surface area contributed by atoms with Gasteiger partial charge in [-0.25, -0.2) is 17.7 Å². The molecule has 3 rings (SSSR count). The van der Waals surface area contributed by atoms with Crippen molar-refractivity contribution in [1.82, 2.24) is 18.9 Å². The molecule has 1 aromatic carbocycles. The molecule has 0 atom stereocenters. The van der Waals surface area contributed by atoms with Crippen molar-refractivity contribution < 1.29 is 8.42 Å². The van der Waals surface area contributed by atoms with E-state index < -0.39 is 10.0 Å². The minimum atomic E-state index is -3.46. The molecule has 30 heavy (non-hydrogen) atoms. The first-order chi connectivity index (χ1) is 14.2. The predicted molar refractivity (Wildman–Crippen MR) is 121 cm³/mol. The van der Waals surface area contributed by atoms with Crippen LogP contribution >= 0.6 is 0 Å². The van der Waals surface area contributed by atoms with Crippen molar-refractivity contribution >= 4 is 33.0 Å². The number of aromatic nitrogens is 3. The Balaban J connectivity index is 2.05. The maximum atomic E-state index is 12.3. The minimum absolute atomic E-state index is 0.253. The Hall–Kier alpha value is -2.65. The molecule has 0 aliphatic rings. The van der Waals surface area contributed by atoms with Crippen LogP contribution in [-0.2, 0) is 10.0 Å². The van der Waals surface area contributed by atoms with Crippen LogP contribution in [0.5, 0.6) is 0 Å². The Bertz CT molecular complexity index is 1120. The van der Waals surface area contributed by atoms with E-state index in [-0.39, 0.29) is 4.90 Å². The fourth-order valence-electron chi connectivity index (χ4n) is 3.24. The van der Waals surface area contributed by atoms with Crippen molar-refractivity contribution in [3.63, 3.8) is 0 Å². The van der Waals surface area contributed by atoms with Crippen LogP contribution in [0.1, 0.15) is 39.2 Å². The highest BCUT2D eigenvalue weighted by molar-refractivity contribution is 7.89. The molecule has 0 saturated heterocycles. The lowest BCUT2D eigenvalue weighted by atomic mass is 10.1. The van der Waals surface area contributed by atoms with Crippen LogP contribution in [0.15, 0.2) is 41.4 Å². The fraction of sp³-hybridized carbons (Fsp3) is 0.429. The maximum absolute atomic E-state index is 12.3. The van der Waals surface area contributed by atoms with Gasteiger partial charge in [0.25, 0.3) is 0 Å². The molecule has 1 N–H and O–H groups in total. The summed E-state index contributed by atoms with van der Waals surface area (Å²) in [6.07, 6.45) is 1.86. The van der Waals surface area contributed by atoms with Crippen molar-refractivity contribution in [2.75, 3.05) is 37.4 Å². The molecule has 0 fully saturated rings. The van der Waals surface area contributed by atoms with E-state index in [0.717, 1.165) is 41.6 Å². The van der Waals surface area contributed by atoms with Crippen molar-refractivity contribution in [3.8, 4) is 0 Å². The van der Waals surface area contributed by atoms with Crippen molar-refractivity contribution in [2.24, 2.45) is 0 Å². The van der Waals surface area contributed by atoms with Gasteiger partial charge in [-0.05, 0) is 44.0 Å². The summed E-state index contributed by atoms with van der Waals surface area (Å²) in [5.74, 6) is 1.95. The first-order valence-electron chi connectivity index (χ1n) is 10.1. The molecule has 2 heterocycles. The van der Waals surface area contributed by atoms with Gasteiger partial charge < -0.3 is 10.2 Å². The van der Waals surface area contributed by atoms with Crippen molar-refractivity contribution in [1.29, 1.82) is 0 Å². The van der Waals surface area contributed by atoms with E-state index in [2.05, 4.69) is 43.0 Å². The number of nitrogens with zero attached hydrogens (tertiary/aromatic N) is 5. The van der Waals surface area contributed by atoms with E-state index >= 15 is 0 Å². The van der Waals surface area contributed by atoms with Crippen LogP contribution in [0.4, 0.5) is 17.3 Å². The van der Waals surface area contributed by atoms with E-state index in [1.165, 1.54) is 18.4 Å². The summed E-state index contributed by atoms with van der Waals surface area (Å²) in [4.78, 5) is 7.31. The Labute approximate surface area is 178 Å². The number of nitrogens with one attached hydrogen (secondary N) is 1. The summed E-state index contributed by atoms with van der Waals surface area (Å²) in [6.45, 7) is 10.2. The van der Waals surface area contributed by atoms with Crippen LogP contribution in [-0.4, -0.2) is 54.5 Å². The first kappa shape index (κ1) is 22.0. The van der Waals surface area contributed by atoms with Gasteiger partial charge in [0.15, 0.2) is 5.65 Å². The summed E-state index contributed by atoms with van der Waals surface area (Å²) in [7, 11) is -0.417. The van der Waals surface area contributed by atoms with Gasteiger partial charge in [0.2, 0.25) is 10.0 Å². The van der Waals surface area contributed by atoms with Gasteiger partial charge in [0.1, 0.15) is 11.6 Å². The van der Waals surface area contributed by atoms with Gasteiger partial charge in [-0.3, -0.25) is 0 Å². The molecule has 0 saturated carbocycles. The summed E-state index contributed by atoms with van der Waals surface area (Å²) >= 11 is 0. The highest BCUT2D eigenvalue weighted by Gasteiger charge is 2.18. The monoisotopic (exact) mass is 430 g/mol. The Morgan fingerprint density at radius 1 is 1.10 bits per heavy atom. The number of hydrogen-bond acceptors (Lipinski definition) is 6. The van der Waals surface area contributed by atoms with E-state index in [1.54, 1.807) is 28.8 Å². The van der Waals surface area contributed by atoms with Gasteiger partial charge in [0.05, 0.1) is 11.1 Å². The Morgan fingerprint density at radius 2 is 1.73 bits per heavy atom. The molecule has 0 spiro atoms. The number of benzene rings is 1. The Kier molecular flexibility index (Phi) is 6.33. The van der Waals surface area contributed by atoms with E-state index in [4.69, 9.17) is 4.98 Å². The summed E-state index contributed by atoms with van der Waals surface area (Å²) in [6, 6.07) is 8.69. The molecule has 0 aliphatic heterocycles. The third-order valence-corrected chi connectivity index (χ3v) is 6.93. The average molecular weight is 431 g/mol. The second-order valence-electron chi connectivity index (χ2n) is 7.60. The van der Waals surface area contributed by atoms with Crippen LogP contribution in [0.3, 0.4) is 0 Å².